The van der Waals surface area contributed by atoms with Crippen molar-refractivity contribution in [2.45, 2.75) is 26.4 Å². The van der Waals surface area contributed by atoms with Crippen LogP contribution < -0.4 is 10.1 Å². The van der Waals surface area contributed by atoms with Crippen LogP contribution in [0.25, 0.3) is 0 Å². The number of hydrogen-bond acceptors (Lipinski definition) is 3. The van der Waals surface area contributed by atoms with E-state index >= 15 is 0 Å². The van der Waals surface area contributed by atoms with E-state index < -0.39 is 0 Å². The first-order valence-electron chi connectivity index (χ1n) is 9.59. The topological polar surface area (TPSA) is 51.2 Å². The van der Waals surface area contributed by atoms with E-state index in [1.807, 2.05) is 48.5 Å². The monoisotopic (exact) mass is 374 g/mol. The minimum atomic E-state index is -0.119. The molecule has 2 aromatic carbocycles. The third-order valence-corrected chi connectivity index (χ3v) is 4.79. The minimum Gasteiger partial charge on any atom is -0.488 e. The summed E-state index contributed by atoms with van der Waals surface area (Å²) in [6.45, 7) is 5.33. The predicted octanol–water partition coefficient (Wildman–Crippen LogP) is 4.83. The van der Waals surface area contributed by atoms with Gasteiger partial charge in [-0.05, 0) is 41.3 Å². The zero-order chi connectivity index (χ0) is 19.8. The fraction of sp³-hybridized carbons (Fsp3) is 0.250. The highest BCUT2D eigenvalue weighted by molar-refractivity contribution is 5.96. The molecule has 0 saturated heterocycles. The average molecular weight is 374 g/mol. The van der Waals surface area contributed by atoms with Gasteiger partial charge in [-0.1, -0.05) is 56.3 Å². The molecule has 1 unspecified atom stereocenters. The van der Waals surface area contributed by atoms with Crippen LogP contribution in [0.5, 0.6) is 5.75 Å². The summed E-state index contributed by atoms with van der Waals surface area (Å²) < 4.78 is 5.89. The van der Waals surface area contributed by atoms with Gasteiger partial charge in [0.25, 0.3) is 5.91 Å². The Hall–Kier alpha value is -3.14. The van der Waals surface area contributed by atoms with E-state index in [0.29, 0.717) is 30.4 Å². The van der Waals surface area contributed by atoms with Gasteiger partial charge in [0.2, 0.25) is 0 Å². The third-order valence-electron chi connectivity index (χ3n) is 4.79. The zero-order valence-electron chi connectivity index (χ0n) is 16.3. The molecule has 1 atom stereocenters. The molecule has 0 aliphatic heterocycles. The zero-order valence-corrected chi connectivity index (χ0v) is 16.3. The molecule has 0 fully saturated rings. The van der Waals surface area contributed by atoms with Crippen LogP contribution in [0.4, 0.5) is 0 Å². The minimum absolute atomic E-state index is 0.119. The van der Waals surface area contributed by atoms with Gasteiger partial charge >= 0.3 is 0 Å². The SMILES string of the molecule is CC(C)C(CNC(=O)c1ccccc1OCc1ccncc1)c1ccccc1. The number of ether oxygens (including phenoxy) is 1. The number of pyridine rings is 1. The summed E-state index contributed by atoms with van der Waals surface area (Å²) >= 11 is 0. The lowest BCUT2D eigenvalue weighted by Gasteiger charge is -2.22. The van der Waals surface area contributed by atoms with Gasteiger partial charge in [0.1, 0.15) is 12.4 Å². The fourth-order valence-electron chi connectivity index (χ4n) is 3.16. The largest absolute Gasteiger partial charge is 0.488 e. The molecule has 0 aliphatic carbocycles. The third kappa shape index (κ3) is 5.19. The molecule has 0 radical (unpaired) electrons. The van der Waals surface area contributed by atoms with Crippen molar-refractivity contribution in [2.24, 2.45) is 5.92 Å². The Balaban J connectivity index is 1.67. The number of para-hydroxylation sites is 1. The van der Waals surface area contributed by atoms with Gasteiger partial charge in [0.15, 0.2) is 0 Å². The van der Waals surface area contributed by atoms with Crippen molar-refractivity contribution in [1.82, 2.24) is 10.3 Å². The molecule has 0 bridgehead atoms. The Morgan fingerprint density at radius 2 is 1.64 bits per heavy atom. The van der Waals surface area contributed by atoms with Crippen molar-refractivity contribution in [3.63, 3.8) is 0 Å². The predicted molar refractivity (Wildman–Crippen MR) is 111 cm³/mol. The van der Waals surface area contributed by atoms with Crippen molar-refractivity contribution < 1.29 is 9.53 Å². The maximum atomic E-state index is 12.8. The van der Waals surface area contributed by atoms with Gasteiger partial charge in [-0.25, -0.2) is 0 Å². The van der Waals surface area contributed by atoms with E-state index in [1.54, 1.807) is 18.5 Å². The number of nitrogens with zero attached hydrogens (tertiary/aromatic N) is 1. The van der Waals surface area contributed by atoms with E-state index in [9.17, 15) is 4.79 Å². The van der Waals surface area contributed by atoms with E-state index in [2.05, 4.69) is 36.3 Å². The number of aromatic nitrogens is 1. The molecule has 3 aromatic rings. The highest BCUT2D eigenvalue weighted by Crippen LogP contribution is 2.24. The van der Waals surface area contributed by atoms with Crippen LogP contribution in [0.15, 0.2) is 79.1 Å². The second kappa shape index (κ2) is 9.70. The quantitative estimate of drug-likeness (QED) is 0.614. The average Bonchev–Trinajstić information content (AvgIpc) is 2.74. The van der Waals surface area contributed by atoms with Gasteiger partial charge in [0.05, 0.1) is 5.56 Å². The summed E-state index contributed by atoms with van der Waals surface area (Å²) in [5, 5.41) is 3.09. The number of rotatable bonds is 8. The Labute approximate surface area is 166 Å². The van der Waals surface area contributed by atoms with Crippen LogP contribution in [0, 0.1) is 5.92 Å². The smallest absolute Gasteiger partial charge is 0.255 e. The summed E-state index contributed by atoms with van der Waals surface area (Å²) in [4.78, 5) is 16.8. The van der Waals surface area contributed by atoms with Crippen LogP contribution in [0.3, 0.4) is 0 Å². The van der Waals surface area contributed by atoms with Crippen LogP contribution in [0.2, 0.25) is 0 Å². The molecule has 1 aromatic heterocycles. The number of hydrogen-bond donors (Lipinski definition) is 1. The van der Waals surface area contributed by atoms with Crippen molar-refractivity contribution in [3.05, 3.63) is 95.8 Å². The lowest BCUT2D eigenvalue weighted by atomic mass is 9.88. The first-order chi connectivity index (χ1) is 13.6. The van der Waals surface area contributed by atoms with Crippen LogP contribution >= 0.6 is 0 Å². The highest BCUT2D eigenvalue weighted by Gasteiger charge is 2.18. The molecule has 3 rings (SSSR count). The van der Waals surface area contributed by atoms with Crippen molar-refractivity contribution in [3.8, 4) is 5.75 Å². The van der Waals surface area contributed by atoms with Crippen molar-refractivity contribution in [1.29, 1.82) is 0 Å². The number of nitrogens with one attached hydrogen (secondary N) is 1. The molecular weight excluding hydrogens is 348 g/mol. The van der Waals surface area contributed by atoms with Gasteiger partial charge < -0.3 is 10.1 Å². The molecule has 28 heavy (non-hydrogen) atoms. The van der Waals surface area contributed by atoms with Crippen molar-refractivity contribution in [2.75, 3.05) is 6.54 Å². The van der Waals surface area contributed by atoms with Crippen LogP contribution in [0.1, 0.15) is 41.3 Å². The first kappa shape index (κ1) is 19.6. The van der Waals surface area contributed by atoms with E-state index in [1.165, 1.54) is 5.56 Å². The maximum Gasteiger partial charge on any atom is 0.255 e. The van der Waals surface area contributed by atoms with Crippen LogP contribution in [-0.2, 0) is 6.61 Å². The fourth-order valence-corrected chi connectivity index (χ4v) is 3.16. The second-order valence-corrected chi connectivity index (χ2v) is 7.11. The Kier molecular flexibility index (Phi) is 6.79. The van der Waals surface area contributed by atoms with E-state index in [0.717, 1.165) is 5.56 Å². The summed E-state index contributed by atoms with van der Waals surface area (Å²) in [6, 6.07) is 21.5. The van der Waals surface area contributed by atoms with Gasteiger partial charge in [-0.3, -0.25) is 9.78 Å². The Bertz CT molecular complexity index is 879. The number of amides is 1. The maximum absolute atomic E-state index is 12.8. The normalized spacial score (nSPS) is 11.8. The van der Waals surface area contributed by atoms with Gasteiger partial charge in [0, 0.05) is 24.9 Å². The van der Waals surface area contributed by atoms with E-state index in [4.69, 9.17) is 4.74 Å². The molecule has 4 nitrogen and oxygen atoms in total. The van der Waals surface area contributed by atoms with E-state index in [-0.39, 0.29) is 11.8 Å². The molecule has 0 spiro atoms. The lowest BCUT2D eigenvalue weighted by molar-refractivity contribution is 0.0944. The lowest BCUT2D eigenvalue weighted by Crippen LogP contribution is -2.30. The Morgan fingerprint density at radius 1 is 0.964 bits per heavy atom. The summed E-state index contributed by atoms with van der Waals surface area (Å²) in [6.07, 6.45) is 3.46. The first-order valence-corrected chi connectivity index (χ1v) is 9.59. The van der Waals surface area contributed by atoms with Crippen LogP contribution in [-0.4, -0.2) is 17.4 Å². The number of carbonyl (C=O) groups is 1. The van der Waals surface area contributed by atoms with Gasteiger partial charge in [-0.15, -0.1) is 0 Å². The Morgan fingerprint density at radius 3 is 2.36 bits per heavy atom. The molecule has 0 aliphatic rings. The van der Waals surface area contributed by atoms with Gasteiger partial charge in [-0.2, -0.15) is 0 Å². The summed E-state index contributed by atoms with van der Waals surface area (Å²) in [5.74, 6) is 1.14. The molecule has 1 amide bonds. The summed E-state index contributed by atoms with van der Waals surface area (Å²) in [5.41, 5.74) is 2.79. The molecule has 0 saturated carbocycles. The molecular formula is C24H26N2O2. The van der Waals surface area contributed by atoms with Crippen molar-refractivity contribution >= 4 is 5.91 Å². The number of carbonyl (C=O) groups excluding carboxylic acids is 1. The molecule has 144 valence electrons. The second-order valence-electron chi connectivity index (χ2n) is 7.11. The summed E-state index contributed by atoms with van der Waals surface area (Å²) in [7, 11) is 0. The molecule has 1 N–H and O–H groups in total. The molecule has 1 heterocycles. The standard InChI is InChI=1S/C24H26N2O2/c1-18(2)22(20-8-4-3-5-9-20)16-26-24(27)21-10-6-7-11-23(21)28-17-19-12-14-25-15-13-19/h3-15,18,22H,16-17H2,1-2H3,(H,26,27). The number of benzene rings is 2. The highest BCUT2D eigenvalue weighted by atomic mass is 16.5. The molecule has 4 heteroatoms.